The first-order chi connectivity index (χ1) is 13.1. The Bertz CT molecular complexity index is 919. The van der Waals surface area contributed by atoms with E-state index >= 15 is 0 Å². The van der Waals surface area contributed by atoms with E-state index in [0.29, 0.717) is 24.4 Å². The first kappa shape index (κ1) is 21.6. The van der Waals surface area contributed by atoms with E-state index in [1.807, 2.05) is 73.6 Å². The van der Waals surface area contributed by atoms with Gasteiger partial charge in [-0.2, -0.15) is 20.1 Å². The van der Waals surface area contributed by atoms with Gasteiger partial charge >= 0.3 is 0 Å². The maximum Gasteiger partial charge on any atom is 0.250 e. The number of nitrogens with zero attached hydrogens (tertiary/aromatic N) is 5. The molecule has 0 saturated carbocycles. The highest BCUT2D eigenvalue weighted by molar-refractivity contribution is 9.10. The molecule has 2 N–H and O–H groups in total. The second-order valence-corrected chi connectivity index (χ2v) is 6.86. The molecule has 0 radical (unpaired) electrons. The highest BCUT2D eigenvalue weighted by Crippen LogP contribution is 2.13. The molecule has 0 fully saturated rings. The molecular formula is C19H21BrClN7. The van der Waals surface area contributed by atoms with Gasteiger partial charge in [-0.3, -0.25) is 0 Å². The Morgan fingerprint density at radius 3 is 2.46 bits per heavy atom. The monoisotopic (exact) mass is 461 g/mol. The fourth-order valence-corrected chi connectivity index (χ4v) is 2.64. The third kappa shape index (κ3) is 6.47. The van der Waals surface area contributed by atoms with Crippen LogP contribution in [0.15, 0.2) is 64.2 Å². The van der Waals surface area contributed by atoms with E-state index in [-0.39, 0.29) is 12.4 Å². The standard InChI is InChI=1S/C19H20BrN7.ClH/c1-27(2)19-24-17(21-12-14-7-4-3-5-8-14)23-18(25-19)26-22-13-15-9-6-10-16(20)11-15;/h3-11,13H,12H2,1-2H3,(H2,21,23,24,25,26);1H. The number of benzene rings is 2. The molecule has 0 amide bonds. The van der Waals surface area contributed by atoms with Crippen molar-refractivity contribution in [3.63, 3.8) is 0 Å². The van der Waals surface area contributed by atoms with Gasteiger partial charge in [-0.15, -0.1) is 12.4 Å². The minimum atomic E-state index is 0. The van der Waals surface area contributed by atoms with Crippen molar-refractivity contribution >= 4 is 52.4 Å². The summed E-state index contributed by atoms with van der Waals surface area (Å²) in [5, 5.41) is 7.44. The molecule has 146 valence electrons. The van der Waals surface area contributed by atoms with Gasteiger partial charge in [0.25, 0.3) is 0 Å². The van der Waals surface area contributed by atoms with Crippen molar-refractivity contribution in [1.29, 1.82) is 0 Å². The van der Waals surface area contributed by atoms with Crippen molar-refractivity contribution in [1.82, 2.24) is 15.0 Å². The minimum Gasteiger partial charge on any atom is -0.350 e. The molecule has 0 bridgehead atoms. The Balaban J connectivity index is 0.00000280. The summed E-state index contributed by atoms with van der Waals surface area (Å²) in [6.45, 7) is 0.623. The second-order valence-electron chi connectivity index (χ2n) is 5.94. The average Bonchev–Trinajstić information content (AvgIpc) is 2.67. The van der Waals surface area contributed by atoms with Gasteiger partial charge in [0.2, 0.25) is 17.8 Å². The summed E-state index contributed by atoms with van der Waals surface area (Å²) in [5.41, 5.74) is 4.98. The molecule has 0 aliphatic carbocycles. The number of hydrogen-bond donors (Lipinski definition) is 2. The van der Waals surface area contributed by atoms with Crippen molar-refractivity contribution < 1.29 is 0 Å². The van der Waals surface area contributed by atoms with Crippen molar-refractivity contribution in [2.24, 2.45) is 5.10 Å². The van der Waals surface area contributed by atoms with Crippen molar-refractivity contribution in [3.05, 3.63) is 70.2 Å². The second kappa shape index (κ2) is 10.6. The molecule has 0 spiro atoms. The molecule has 0 aliphatic heterocycles. The fourth-order valence-electron chi connectivity index (χ4n) is 2.22. The lowest BCUT2D eigenvalue weighted by Gasteiger charge is -2.13. The summed E-state index contributed by atoms with van der Waals surface area (Å²) >= 11 is 3.44. The van der Waals surface area contributed by atoms with E-state index in [0.717, 1.165) is 15.6 Å². The molecule has 7 nitrogen and oxygen atoms in total. The fraction of sp³-hybridized carbons (Fsp3) is 0.158. The Morgan fingerprint density at radius 2 is 1.75 bits per heavy atom. The summed E-state index contributed by atoms with van der Waals surface area (Å²) in [6.07, 6.45) is 1.71. The molecule has 0 saturated heterocycles. The Hall–Kier alpha value is -2.71. The van der Waals surface area contributed by atoms with Crippen LogP contribution in [0.5, 0.6) is 0 Å². The van der Waals surface area contributed by atoms with Crippen molar-refractivity contribution in [2.45, 2.75) is 6.54 Å². The summed E-state index contributed by atoms with van der Waals surface area (Å²) in [6, 6.07) is 17.9. The van der Waals surface area contributed by atoms with E-state index in [1.54, 1.807) is 6.21 Å². The smallest absolute Gasteiger partial charge is 0.250 e. The van der Waals surface area contributed by atoms with Crippen LogP contribution < -0.4 is 15.6 Å². The van der Waals surface area contributed by atoms with E-state index in [4.69, 9.17) is 0 Å². The molecule has 0 aliphatic rings. The molecular weight excluding hydrogens is 442 g/mol. The number of hydrazone groups is 1. The zero-order valence-corrected chi connectivity index (χ0v) is 17.9. The van der Waals surface area contributed by atoms with Gasteiger partial charge in [0.15, 0.2) is 0 Å². The Labute approximate surface area is 178 Å². The number of nitrogens with one attached hydrogen (secondary N) is 2. The maximum atomic E-state index is 4.42. The van der Waals surface area contributed by atoms with Crippen LogP contribution in [0.2, 0.25) is 0 Å². The van der Waals surface area contributed by atoms with Crippen LogP contribution in [-0.4, -0.2) is 35.3 Å². The summed E-state index contributed by atoms with van der Waals surface area (Å²) in [4.78, 5) is 15.0. The van der Waals surface area contributed by atoms with Gasteiger partial charge in [0.05, 0.1) is 6.21 Å². The molecule has 2 aromatic carbocycles. The third-order valence-corrected chi connectivity index (χ3v) is 4.04. The predicted octanol–water partition coefficient (Wildman–Crippen LogP) is 4.18. The van der Waals surface area contributed by atoms with Gasteiger partial charge in [-0.1, -0.05) is 58.4 Å². The molecule has 1 heterocycles. The quantitative estimate of drug-likeness (QED) is 0.405. The van der Waals surface area contributed by atoms with Gasteiger partial charge in [-0.05, 0) is 23.3 Å². The highest BCUT2D eigenvalue weighted by Gasteiger charge is 2.07. The first-order valence-corrected chi connectivity index (χ1v) is 9.15. The normalized spacial score (nSPS) is 10.4. The number of aromatic nitrogens is 3. The molecule has 3 rings (SSSR count). The number of rotatable bonds is 7. The zero-order valence-electron chi connectivity index (χ0n) is 15.5. The van der Waals surface area contributed by atoms with E-state index < -0.39 is 0 Å². The zero-order chi connectivity index (χ0) is 19.1. The van der Waals surface area contributed by atoms with Crippen molar-refractivity contribution in [2.75, 3.05) is 29.7 Å². The summed E-state index contributed by atoms with van der Waals surface area (Å²) in [7, 11) is 3.76. The maximum absolute atomic E-state index is 4.42. The number of halogens is 2. The van der Waals surface area contributed by atoms with Crippen LogP contribution in [-0.2, 0) is 6.54 Å². The third-order valence-electron chi connectivity index (χ3n) is 3.54. The molecule has 9 heteroatoms. The first-order valence-electron chi connectivity index (χ1n) is 8.36. The minimum absolute atomic E-state index is 0. The van der Waals surface area contributed by atoms with Crippen LogP contribution in [0.25, 0.3) is 0 Å². The summed E-state index contributed by atoms with van der Waals surface area (Å²) in [5.74, 6) is 1.40. The molecule has 0 unspecified atom stereocenters. The van der Waals surface area contributed by atoms with Crippen LogP contribution in [0.4, 0.5) is 17.8 Å². The van der Waals surface area contributed by atoms with Gasteiger partial charge in [0.1, 0.15) is 0 Å². The van der Waals surface area contributed by atoms with Gasteiger partial charge < -0.3 is 10.2 Å². The van der Waals surface area contributed by atoms with Gasteiger partial charge in [0, 0.05) is 25.1 Å². The Morgan fingerprint density at radius 1 is 1.00 bits per heavy atom. The lowest BCUT2D eigenvalue weighted by atomic mass is 10.2. The molecule has 28 heavy (non-hydrogen) atoms. The molecule has 3 aromatic rings. The Kier molecular flexibility index (Phi) is 8.16. The number of anilines is 3. The van der Waals surface area contributed by atoms with Crippen LogP contribution in [0.1, 0.15) is 11.1 Å². The van der Waals surface area contributed by atoms with Gasteiger partial charge in [-0.25, -0.2) is 5.43 Å². The molecule has 1 aromatic heterocycles. The van der Waals surface area contributed by atoms with Crippen LogP contribution in [0.3, 0.4) is 0 Å². The topological polar surface area (TPSA) is 78.3 Å². The highest BCUT2D eigenvalue weighted by atomic mass is 79.9. The lowest BCUT2D eigenvalue weighted by molar-refractivity contribution is 0.940. The van der Waals surface area contributed by atoms with E-state index in [2.05, 4.69) is 46.7 Å². The number of hydrogen-bond acceptors (Lipinski definition) is 7. The van der Waals surface area contributed by atoms with Crippen LogP contribution in [0, 0.1) is 0 Å². The van der Waals surface area contributed by atoms with E-state index in [1.165, 1.54) is 0 Å². The molecule has 0 atom stereocenters. The predicted molar refractivity (Wildman–Crippen MR) is 121 cm³/mol. The van der Waals surface area contributed by atoms with E-state index in [9.17, 15) is 0 Å². The SMILES string of the molecule is CN(C)c1nc(NCc2ccccc2)nc(NN=Cc2cccc(Br)c2)n1.Cl. The lowest BCUT2D eigenvalue weighted by Crippen LogP contribution is -2.16. The van der Waals surface area contributed by atoms with Crippen molar-refractivity contribution in [3.8, 4) is 0 Å². The largest absolute Gasteiger partial charge is 0.350 e. The summed E-state index contributed by atoms with van der Waals surface area (Å²) < 4.78 is 0.994. The average molecular weight is 463 g/mol. The van der Waals surface area contributed by atoms with Crippen LogP contribution >= 0.6 is 28.3 Å².